The fourth-order valence-corrected chi connectivity index (χ4v) is 8.90. The molecule has 0 unspecified atom stereocenters. The minimum atomic E-state index is -1.78. The Morgan fingerprint density at radius 3 is 1.36 bits per heavy atom. The molecule has 0 N–H and O–H groups in total. The van der Waals surface area contributed by atoms with E-state index in [0.29, 0.717) is 0 Å². The van der Waals surface area contributed by atoms with Gasteiger partial charge in [0.05, 0.1) is 0 Å². The van der Waals surface area contributed by atoms with Crippen molar-refractivity contribution in [2.75, 3.05) is 0 Å². The molecule has 0 aliphatic heterocycles. The summed E-state index contributed by atoms with van der Waals surface area (Å²) in [5, 5.41) is 3.41. The van der Waals surface area contributed by atoms with Gasteiger partial charge in [0.1, 0.15) is 0 Å². The van der Waals surface area contributed by atoms with E-state index in [1.54, 1.807) is 0 Å². The van der Waals surface area contributed by atoms with Gasteiger partial charge in [0.2, 0.25) is 0 Å². The Hall–Kier alpha value is 0.243. The summed E-state index contributed by atoms with van der Waals surface area (Å²) >= 11 is 2.06. The first kappa shape index (κ1) is 11.2. The molecule has 0 spiro atoms. The first-order valence-corrected chi connectivity index (χ1v) is 13.1. The van der Waals surface area contributed by atoms with Gasteiger partial charge in [-0.3, -0.25) is 0 Å². The van der Waals surface area contributed by atoms with Crippen molar-refractivity contribution >= 4 is 25.4 Å². The van der Waals surface area contributed by atoms with Gasteiger partial charge >= 0.3 is 79.2 Å². The van der Waals surface area contributed by atoms with Crippen molar-refractivity contribution in [3.63, 3.8) is 0 Å². The van der Waals surface area contributed by atoms with E-state index >= 15 is 0 Å². The van der Waals surface area contributed by atoms with Crippen LogP contribution in [0.5, 0.6) is 0 Å². The van der Waals surface area contributed by atoms with Crippen LogP contribution in [-0.2, 0) is 0 Å². The van der Waals surface area contributed by atoms with Crippen molar-refractivity contribution < 1.29 is 0 Å². The molecular formula is C9H15BrGe. The van der Waals surface area contributed by atoms with Crippen molar-refractivity contribution in [2.24, 2.45) is 0 Å². The van der Waals surface area contributed by atoms with Crippen LogP contribution in [0.3, 0.4) is 0 Å². The predicted octanol–water partition coefficient (Wildman–Crippen LogP) is 3.88. The Kier molecular flexibility index (Phi) is 5.97. The summed E-state index contributed by atoms with van der Waals surface area (Å²) < 4.78 is 0. The minimum absolute atomic E-state index is 1.14. The van der Waals surface area contributed by atoms with Crippen molar-refractivity contribution in [2.45, 2.75) is 15.8 Å². The van der Waals surface area contributed by atoms with E-state index in [1.165, 1.54) is 0 Å². The summed E-state index contributed by atoms with van der Waals surface area (Å²) in [5.74, 6) is 0. The zero-order chi connectivity index (χ0) is 8.74. The zero-order valence-corrected chi connectivity index (χ0v) is 10.5. The second kappa shape index (κ2) is 5.84. The molecule has 0 saturated heterocycles. The van der Waals surface area contributed by atoms with E-state index in [1.807, 2.05) is 18.2 Å². The summed E-state index contributed by atoms with van der Waals surface area (Å²) in [6.07, 6.45) is 6.01. The number of allylic oxidation sites excluding steroid dienone is 3. The van der Waals surface area contributed by atoms with Crippen LogP contribution in [0.1, 0.15) is 0 Å². The molecule has 0 atom stereocenters. The number of hydrogen-bond donors (Lipinski definition) is 0. The van der Waals surface area contributed by atoms with Crippen molar-refractivity contribution in [3.8, 4) is 0 Å². The molecule has 0 aromatic carbocycles. The van der Waals surface area contributed by atoms with Crippen LogP contribution >= 0.6 is 14.0 Å². The molecule has 0 bridgehead atoms. The van der Waals surface area contributed by atoms with Crippen molar-refractivity contribution in [1.29, 1.82) is 0 Å². The van der Waals surface area contributed by atoms with Gasteiger partial charge in [0.15, 0.2) is 0 Å². The summed E-state index contributed by atoms with van der Waals surface area (Å²) in [5.41, 5.74) is 0. The van der Waals surface area contributed by atoms with E-state index in [0.717, 1.165) is 15.8 Å². The summed E-state index contributed by atoms with van der Waals surface area (Å²) in [7, 11) is 0. The first-order valence-electron chi connectivity index (χ1n) is 3.70. The second-order valence-corrected chi connectivity index (χ2v) is 18.8. The molecule has 0 aromatic rings. The monoisotopic (exact) mass is 276 g/mol. The third-order valence-corrected chi connectivity index (χ3v) is 13.0. The molecule has 0 radical (unpaired) electrons. The van der Waals surface area contributed by atoms with Crippen LogP contribution in [0.2, 0.25) is 15.8 Å². The summed E-state index contributed by atoms with van der Waals surface area (Å²) in [4.78, 5) is 0. The maximum absolute atomic E-state index is 3.84. The van der Waals surface area contributed by atoms with E-state index < -0.39 is 11.4 Å². The Morgan fingerprint density at radius 1 is 0.909 bits per heavy atom. The predicted molar refractivity (Wildman–Crippen MR) is 59.7 cm³/mol. The molecule has 0 saturated carbocycles. The topological polar surface area (TPSA) is 0 Å². The van der Waals surface area contributed by atoms with E-state index in [9.17, 15) is 0 Å². The third-order valence-electron chi connectivity index (χ3n) is 1.53. The van der Waals surface area contributed by atoms with Crippen molar-refractivity contribution in [1.82, 2.24) is 0 Å². The van der Waals surface area contributed by atoms with E-state index in [2.05, 4.69) is 33.7 Å². The molecule has 0 nitrogen and oxygen atoms in total. The summed E-state index contributed by atoms with van der Waals surface area (Å²) in [6.45, 7) is 11.3. The molecular weight excluding hydrogens is 261 g/mol. The Morgan fingerprint density at radius 2 is 1.18 bits per heavy atom. The van der Waals surface area contributed by atoms with Crippen molar-refractivity contribution in [3.05, 3.63) is 38.0 Å². The third kappa shape index (κ3) is 4.64. The Labute approximate surface area is 79.1 Å². The molecule has 0 aliphatic rings. The Balaban J connectivity index is 4.09. The second-order valence-electron chi connectivity index (χ2n) is 2.63. The number of hydrogen-bond acceptors (Lipinski definition) is 0. The fraction of sp³-hybridized carbons (Fsp3) is 0.333. The zero-order valence-electron chi connectivity index (χ0n) is 6.85. The van der Waals surface area contributed by atoms with Crippen LogP contribution in [0, 0.1) is 0 Å². The quantitative estimate of drug-likeness (QED) is 0.510. The number of rotatable bonds is 6. The first-order chi connectivity index (χ1) is 5.18. The van der Waals surface area contributed by atoms with E-state index in [-0.39, 0.29) is 0 Å². The standard InChI is InChI=1S/C9H15BrGe/c1-4-7-11(10,8-5-2)9-6-3/h4-6H,1-3,7-9H2. The van der Waals surface area contributed by atoms with Crippen LogP contribution in [0.15, 0.2) is 38.0 Å². The van der Waals surface area contributed by atoms with Crippen LogP contribution in [0.4, 0.5) is 0 Å². The van der Waals surface area contributed by atoms with Gasteiger partial charge in [-0.2, -0.15) is 0 Å². The van der Waals surface area contributed by atoms with E-state index in [4.69, 9.17) is 0 Å². The van der Waals surface area contributed by atoms with Gasteiger partial charge in [0, 0.05) is 0 Å². The average Bonchev–Trinajstić information content (AvgIpc) is 1.88. The van der Waals surface area contributed by atoms with Gasteiger partial charge in [0.25, 0.3) is 0 Å². The molecule has 11 heavy (non-hydrogen) atoms. The Bertz CT molecular complexity index is 125. The molecule has 62 valence electrons. The normalized spacial score (nSPS) is 10.6. The van der Waals surface area contributed by atoms with Gasteiger partial charge in [-0.05, 0) is 0 Å². The van der Waals surface area contributed by atoms with Gasteiger partial charge in [-0.15, -0.1) is 0 Å². The molecule has 0 amide bonds. The van der Waals surface area contributed by atoms with Crippen LogP contribution < -0.4 is 0 Å². The average molecular weight is 276 g/mol. The molecule has 0 aromatic heterocycles. The fourth-order valence-electron chi connectivity index (χ4n) is 1.03. The molecule has 2 heteroatoms. The molecule has 0 heterocycles. The SMILES string of the molecule is C=C[CH2][Ge]([Br])([CH2]C=C)[CH2]C=C. The van der Waals surface area contributed by atoms with Crippen LogP contribution in [-0.4, -0.2) is 11.4 Å². The number of halogens is 1. The molecule has 0 aliphatic carbocycles. The maximum atomic E-state index is 3.84. The van der Waals surface area contributed by atoms with Crippen LogP contribution in [0.25, 0.3) is 0 Å². The van der Waals surface area contributed by atoms with Gasteiger partial charge < -0.3 is 0 Å². The molecule has 0 rings (SSSR count). The summed E-state index contributed by atoms with van der Waals surface area (Å²) in [6, 6.07) is 0. The van der Waals surface area contributed by atoms with Gasteiger partial charge in [-0.1, -0.05) is 0 Å². The van der Waals surface area contributed by atoms with Gasteiger partial charge in [-0.25, -0.2) is 0 Å². The molecule has 0 fully saturated rings.